The smallest absolute Gasteiger partial charge is 0.305 e. The quantitative estimate of drug-likeness (QED) is 0.211. The van der Waals surface area contributed by atoms with Gasteiger partial charge in [0, 0.05) is 26.6 Å². The van der Waals surface area contributed by atoms with E-state index in [2.05, 4.69) is 23.3 Å². The molecule has 7 nitrogen and oxygen atoms in total. The highest BCUT2D eigenvalue weighted by Crippen LogP contribution is 2.21. The number of rotatable bonds is 12. The van der Waals surface area contributed by atoms with Crippen molar-refractivity contribution in [3.63, 3.8) is 0 Å². The van der Waals surface area contributed by atoms with Crippen LogP contribution in [0.15, 0.2) is 0 Å². The van der Waals surface area contributed by atoms with Gasteiger partial charge in [-0.25, -0.2) is 0 Å². The molecule has 0 aliphatic carbocycles. The Morgan fingerprint density at radius 2 is 1.55 bits per heavy atom. The Balaban J connectivity index is -0.000000370. The average Bonchev–Trinajstić information content (AvgIpc) is 2.67. The lowest BCUT2D eigenvalue weighted by Gasteiger charge is -2.23. The minimum Gasteiger partial charge on any atom is -0.469 e. The molecule has 0 aromatic carbocycles. The first kappa shape index (κ1) is 32.8. The minimum absolute atomic E-state index is 0.123. The molecule has 0 aliphatic rings. The molecule has 0 radical (unpaired) electrons. The zero-order chi connectivity index (χ0) is 23.2. The normalized spacial score (nSPS) is 12.0. The van der Waals surface area contributed by atoms with Crippen LogP contribution in [0.25, 0.3) is 0 Å². The number of methoxy groups -OCH3 is 2. The molecule has 0 aromatic rings. The van der Waals surface area contributed by atoms with Crippen molar-refractivity contribution >= 4 is 30.5 Å². The van der Waals surface area contributed by atoms with Crippen LogP contribution in [-0.4, -0.2) is 63.5 Å². The van der Waals surface area contributed by atoms with Crippen LogP contribution in [0.3, 0.4) is 0 Å². The standard InChI is InChI=1S/C9H21BO3.C6H11ClO2.C5H10O2/c1-7(2)9(10(4)11)6-13-8(3)12-5;1-2-3-6(8)9-5-4-7;1-3-4-5(6)7-2/h7-9,11H,6H2,1-5H3;2-5H2,1H3;3-4H2,1-2H3. The van der Waals surface area contributed by atoms with Gasteiger partial charge in [0.05, 0.1) is 13.0 Å². The summed E-state index contributed by atoms with van der Waals surface area (Å²) in [4.78, 5) is 20.7. The molecule has 0 heterocycles. The fraction of sp³-hybridized carbons (Fsp3) is 0.900. The molecule has 0 spiro atoms. The van der Waals surface area contributed by atoms with Crippen LogP contribution >= 0.6 is 11.6 Å². The Morgan fingerprint density at radius 1 is 1.03 bits per heavy atom. The molecule has 0 aromatic heterocycles. The van der Waals surface area contributed by atoms with Crippen molar-refractivity contribution in [3.05, 3.63) is 0 Å². The summed E-state index contributed by atoms with van der Waals surface area (Å²) >= 11 is 5.27. The van der Waals surface area contributed by atoms with E-state index >= 15 is 0 Å². The van der Waals surface area contributed by atoms with Crippen LogP contribution in [0.1, 0.15) is 60.3 Å². The second-order valence-corrected chi connectivity index (χ2v) is 7.15. The van der Waals surface area contributed by atoms with Crippen molar-refractivity contribution in [1.82, 2.24) is 0 Å². The van der Waals surface area contributed by atoms with Gasteiger partial charge in [-0.05, 0) is 31.5 Å². The van der Waals surface area contributed by atoms with E-state index < -0.39 is 0 Å². The molecule has 0 bridgehead atoms. The van der Waals surface area contributed by atoms with Crippen LogP contribution < -0.4 is 0 Å². The summed E-state index contributed by atoms with van der Waals surface area (Å²) in [6, 6.07) is 0. The van der Waals surface area contributed by atoms with Gasteiger partial charge in [0.15, 0.2) is 6.29 Å². The third-order valence-electron chi connectivity index (χ3n) is 3.81. The zero-order valence-corrected chi connectivity index (χ0v) is 20.3. The highest BCUT2D eigenvalue weighted by Gasteiger charge is 2.23. The highest BCUT2D eigenvalue weighted by atomic mass is 35.5. The van der Waals surface area contributed by atoms with Crippen LogP contribution in [0.2, 0.25) is 12.6 Å². The molecule has 29 heavy (non-hydrogen) atoms. The van der Waals surface area contributed by atoms with E-state index in [0.29, 0.717) is 37.9 Å². The molecule has 0 saturated carbocycles. The Bertz CT molecular complexity index is 374. The van der Waals surface area contributed by atoms with Crippen molar-refractivity contribution in [2.75, 3.05) is 33.3 Å². The number of hydrogen-bond donors (Lipinski definition) is 1. The van der Waals surface area contributed by atoms with Crippen LogP contribution in [0, 0.1) is 5.92 Å². The van der Waals surface area contributed by atoms with E-state index in [1.165, 1.54) is 7.11 Å². The van der Waals surface area contributed by atoms with E-state index in [-0.39, 0.29) is 31.0 Å². The summed E-state index contributed by atoms with van der Waals surface area (Å²) < 4.78 is 19.4. The average molecular weight is 441 g/mol. The van der Waals surface area contributed by atoms with Gasteiger partial charge in [-0.1, -0.05) is 34.5 Å². The van der Waals surface area contributed by atoms with E-state index in [0.717, 1.165) is 12.8 Å². The number of alkyl halides is 1. The Kier molecular flexibility index (Phi) is 26.6. The Morgan fingerprint density at radius 3 is 1.86 bits per heavy atom. The lowest BCUT2D eigenvalue weighted by molar-refractivity contribution is -0.143. The lowest BCUT2D eigenvalue weighted by Crippen LogP contribution is -2.27. The molecule has 174 valence electrons. The molecule has 0 rings (SSSR count). The summed E-state index contributed by atoms with van der Waals surface area (Å²) in [5.41, 5.74) is 0. The molecule has 2 atom stereocenters. The summed E-state index contributed by atoms with van der Waals surface area (Å²) in [6.07, 6.45) is 2.54. The molecular formula is C20H42BClO7. The van der Waals surface area contributed by atoms with Gasteiger partial charge in [0.25, 0.3) is 6.92 Å². The molecule has 2 unspecified atom stereocenters. The number of esters is 2. The van der Waals surface area contributed by atoms with Crippen LogP contribution in [-0.2, 0) is 28.5 Å². The fourth-order valence-corrected chi connectivity index (χ4v) is 2.02. The molecule has 0 amide bonds. The number of hydrogen-bond acceptors (Lipinski definition) is 7. The van der Waals surface area contributed by atoms with Gasteiger partial charge in [-0.15, -0.1) is 11.6 Å². The largest absolute Gasteiger partial charge is 0.469 e. The van der Waals surface area contributed by atoms with Crippen molar-refractivity contribution in [2.45, 2.75) is 79.2 Å². The van der Waals surface area contributed by atoms with Crippen LogP contribution in [0.5, 0.6) is 0 Å². The third-order valence-corrected chi connectivity index (χ3v) is 3.96. The van der Waals surface area contributed by atoms with Gasteiger partial charge in [-0.3, -0.25) is 9.59 Å². The van der Waals surface area contributed by atoms with E-state index in [4.69, 9.17) is 21.1 Å². The molecule has 9 heteroatoms. The van der Waals surface area contributed by atoms with Gasteiger partial charge in [0.2, 0.25) is 0 Å². The Hall–Kier alpha value is -0.825. The van der Waals surface area contributed by atoms with E-state index in [9.17, 15) is 14.6 Å². The number of ether oxygens (including phenoxy) is 4. The maximum absolute atomic E-state index is 10.5. The molecule has 1 N–H and O–H groups in total. The maximum Gasteiger partial charge on any atom is 0.305 e. The summed E-state index contributed by atoms with van der Waals surface area (Å²) in [6.45, 7) is 12.2. The zero-order valence-electron chi connectivity index (χ0n) is 19.5. The number of carbonyl (C=O) groups is 2. The monoisotopic (exact) mass is 440 g/mol. The molecule has 0 saturated heterocycles. The van der Waals surface area contributed by atoms with E-state index in [1.807, 2.05) is 20.8 Å². The second kappa shape index (κ2) is 23.5. The molecule has 0 aliphatic heterocycles. The highest BCUT2D eigenvalue weighted by molar-refractivity contribution is 6.50. The number of carbonyl (C=O) groups excluding carboxylic acids is 2. The Labute approximate surface area is 182 Å². The van der Waals surface area contributed by atoms with Gasteiger partial charge in [-0.2, -0.15) is 0 Å². The fourth-order valence-electron chi connectivity index (χ4n) is 1.94. The van der Waals surface area contributed by atoms with Gasteiger partial charge >= 0.3 is 11.9 Å². The van der Waals surface area contributed by atoms with Crippen LogP contribution in [0.4, 0.5) is 0 Å². The van der Waals surface area contributed by atoms with Crippen molar-refractivity contribution in [3.8, 4) is 0 Å². The lowest BCUT2D eigenvalue weighted by atomic mass is 9.55. The minimum atomic E-state index is -0.330. The summed E-state index contributed by atoms with van der Waals surface area (Å²) in [7, 11) is 3.01. The SMILES string of the molecule is CCCC(=O)OC.CCCC(=O)OCCCl.COC(C)OCC(B(C)O)C(C)C. The summed E-state index contributed by atoms with van der Waals surface area (Å²) in [5.74, 6) is 0.706. The predicted octanol–water partition coefficient (Wildman–Crippen LogP) is 4.16. The molecular weight excluding hydrogens is 398 g/mol. The number of halogens is 1. The van der Waals surface area contributed by atoms with E-state index in [1.54, 1.807) is 13.9 Å². The summed E-state index contributed by atoms with van der Waals surface area (Å²) in [5, 5.41) is 9.45. The first-order chi connectivity index (χ1) is 13.6. The van der Waals surface area contributed by atoms with Crippen molar-refractivity contribution in [2.24, 2.45) is 5.92 Å². The van der Waals surface area contributed by atoms with Crippen molar-refractivity contribution < 1.29 is 33.6 Å². The first-order valence-corrected chi connectivity index (χ1v) is 10.7. The topological polar surface area (TPSA) is 91.3 Å². The predicted molar refractivity (Wildman–Crippen MR) is 118 cm³/mol. The second-order valence-electron chi connectivity index (χ2n) is 6.77. The van der Waals surface area contributed by atoms with Gasteiger partial charge < -0.3 is 24.0 Å². The third kappa shape index (κ3) is 25.1. The first-order valence-electron chi connectivity index (χ1n) is 10.2. The van der Waals surface area contributed by atoms with Crippen molar-refractivity contribution in [1.29, 1.82) is 0 Å². The van der Waals surface area contributed by atoms with Gasteiger partial charge in [0.1, 0.15) is 6.61 Å². The maximum atomic E-state index is 10.5. The molecule has 0 fully saturated rings.